The van der Waals surface area contributed by atoms with Crippen LogP contribution in [0.25, 0.3) is 0 Å². The summed E-state index contributed by atoms with van der Waals surface area (Å²) in [6.07, 6.45) is 6.74. The lowest BCUT2D eigenvalue weighted by Gasteiger charge is -2.35. The minimum Gasteiger partial charge on any atom is -0.353 e. The summed E-state index contributed by atoms with van der Waals surface area (Å²) >= 11 is 0. The van der Waals surface area contributed by atoms with E-state index in [-0.39, 0.29) is 12.5 Å². The number of carbonyl (C=O) groups excluding carboxylic acids is 1. The molecule has 27 heavy (non-hydrogen) atoms. The van der Waals surface area contributed by atoms with Gasteiger partial charge < -0.3 is 15.1 Å². The molecular weight excluding hydrogens is 344 g/mol. The number of aromatic nitrogens is 5. The summed E-state index contributed by atoms with van der Waals surface area (Å²) in [5.74, 6) is 2.34. The van der Waals surface area contributed by atoms with Crippen LogP contribution in [-0.2, 0) is 11.3 Å². The molecule has 4 rings (SSSR count). The molecule has 1 aliphatic rings. The first-order chi connectivity index (χ1) is 13.3. The lowest BCUT2D eigenvalue weighted by Crippen LogP contribution is -2.49. The molecule has 138 valence electrons. The first kappa shape index (κ1) is 17.0. The third-order valence-corrected chi connectivity index (χ3v) is 4.39. The van der Waals surface area contributed by atoms with Gasteiger partial charge in [-0.3, -0.25) is 9.48 Å². The van der Waals surface area contributed by atoms with Crippen molar-refractivity contribution in [3.05, 3.63) is 55.2 Å². The second-order valence-corrected chi connectivity index (χ2v) is 6.17. The first-order valence-electron chi connectivity index (χ1n) is 8.78. The Labute approximate surface area is 156 Å². The average Bonchev–Trinajstić information content (AvgIpc) is 3.22. The van der Waals surface area contributed by atoms with Gasteiger partial charge in [-0.1, -0.05) is 6.07 Å². The highest BCUT2D eigenvalue weighted by Gasteiger charge is 2.22. The maximum atomic E-state index is 12.4. The second kappa shape index (κ2) is 7.81. The molecule has 9 nitrogen and oxygen atoms in total. The number of rotatable bonds is 5. The zero-order chi connectivity index (χ0) is 18.5. The Morgan fingerprint density at radius 1 is 1.00 bits per heavy atom. The summed E-state index contributed by atoms with van der Waals surface area (Å²) in [6.45, 7) is 3.05. The molecule has 0 saturated carbocycles. The minimum atomic E-state index is 0.0820. The van der Waals surface area contributed by atoms with Gasteiger partial charge in [-0.05, 0) is 18.2 Å². The molecule has 0 bridgehead atoms. The topological polar surface area (TPSA) is 92.1 Å². The predicted octanol–water partition coefficient (Wildman–Crippen LogP) is 1.16. The summed E-state index contributed by atoms with van der Waals surface area (Å²) in [6, 6.07) is 9.37. The molecule has 3 aromatic rings. The van der Waals surface area contributed by atoms with Crippen molar-refractivity contribution >= 4 is 23.4 Å². The van der Waals surface area contributed by atoms with E-state index in [2.05, 4.69) is 30.3 Å². The Morgan fingerprint density at radius 2 is 1.89 bits per heavy atom. The third kappa shape index (κ3) is 4.20. The molecule has 0 unspecified atom stereocenters. The van der Waals surface area contributed by atoms with E-state index < -0.39 is 0 Å². The maximum Gasteiger partial charge on any atom is 0.244 e. The fraction of sp³-hybridized carbons (Fsp3) is 0.278. The van der Waals surface area contributed by atoms with Crippen LogP contribution in [0.5, 0.6) is 0 Å². The van der Waals surface area contributed by atoms with Gasteiger partial charge in [-0.15, -0.1) is 0 Å². The molecule has 1 fully saturated rings. The van der Waals surface area contributed by atoms with Crippen molar-refractivity contribution in [2.24, 2.45) is 0 Å². The Bertz CT molecular complexity index is 875. The predicted molar refractivity (Wildman–Crippen MR) is 101 cm³/mol. The highest BCUT2D eigenvalue weighted by molar-refractivity contribution is 5.76. The number of hydrogen-bond donors (Lipinski definition) is 1. The van der Waals surface area contributed by atoms with Gasteiger partial charge in [0.15, 0.2) is 0 Å². The van der Waals surface area contributed by atoms with Gasteiger partial charge in [0.25, 0.3) is 0 Å². The number of hydrogen-bond acceptors (Lipinski definition) is 7. The molecule has 0 aliphatic carbocycles. The summed E-state index contributed by atoms with van der Waals surface area (Å²) < 4.78 is 1.65. The van der Waals surface area contributed by atoms with Gasteiger partial charge in [0, 0.05) is 50.8 Å². The fourth-order valence-electron chi connectivity index (χ4n) is 2.97. The van der Waals surface area contributed by atoms with E-state index in [1.165, 1.54) is 6.33 Å². The van der Waals surface area contributed by atoms with Crippen molar-refractivity contribution in [2.75, 3.05) is 36.4 Å². The van der Waals surface area contributed by atoms with E-state index in [0.29, 0.717) is 18.9 Å². The van der Waals surface area contributed by atoms with Gasteiger partial charge in [-0.2, -0.15) is 5.10 Å². The van der Waals surface area contributed by atoms with Crippen LogP contribution in [0.1, 0.15) is 0 Å². The highest BCUT2D eigenvalue weighted by atomic mass is 16.2. The smallest absolute Gasteiger partial charge is 0.244 e. The molecule has 1 amide bonds. The summed E-state index contributed by atoms with van der Waals surface area (Å²) in [7, 11) is 0. The lowest BCUT2D eigenvalue weighted by molar-refractivity contribution is -0.132. The van der Waals surface area contributed by atoms with Crippen molar-refractivity contribution in [3.8, 4) is 0 Å². The van der Waals surface area contributed by atoms with E-state index in [0.717, 1.165) is 24.7 Å². The number of carbonyl (C=O) groups is 1. The van der Waals surface area contributed by atoms with Crippen LogP contribution in [0.3, 0.4) is 0 Å². The zero-order valence-corrected chi connectivity index (χ0v) is 14.8. The van der Waals surface area contributed by atoms with E-state index >= 15 is 0 Å². The van der Waals surface area contributed by atoms with Crippen LogP contribution in [0.4, 0.5) is 17.5 Å². The standard InChI is InChI=1S/C18H20N8O/c27-18(13-26-7-3-6-22-26)25-10-8-24(9-11-25)17-12-16(20-14-21-17)23-15-4-1-2-5-19-15/h1-7,12,14H,8-11,13H2,(H,19,20,21,23). The molecule has 0 atom stereocenters. The largest absolute Gasteiger partial charge is 0.353 e. The molecule has 4 heterocycles. The number of pyridine rings is 1. The van der Waals surface area contributed by atoms with Crippen LogP contribution >= 0.6 is 0 Å². The molecular formula is C18H20N8O. The van der Waals surface area contributed by atoms with Gasteiger partial charge in [0.05, 0.1) is 0 Å². The number of nitrogens with zero attached hydrogens (tertiary/aromatic N) is 7. The normalized spacial score (nSPS) is 14.2. The number of piperazine rings is 1. The summed E-state index contributed by atoms with van der Waals surface area (Å²) in [5.41, 5.74) is 0. The monoisotopic (exact) mass is 364 g/mol. The third-order valence-electron chi connectivity index (χ3n) is 4.39. The zero-order valence-electron chi connectivity index (χ0n) is 14.8. The van der Waals surface area contributed by atoms with Crippen molar-refractivity contribution < 1.29 is 4.79 Å². The van der Waals surface area contributed by atoms with Crippen LogP contribution < -0.4 is 10.2 Å². The maximum absolute atomic E-state index is 12.4. The number of amides is 1. The SMILES string of the molecule is O=C(Cn1cccn1)N1CCN(c2cc(Nc3ccccn3)ncn2)CC1. The quantitative estimate of drug-likeness (QED) is 0.726. The van der Waals surface area contributed by atoms with Gasteiger partial charge in [0.1, 0.15) is 30.3 Å². The van der Waals surface area contributed by atoms with Crippen LogP contribution in [0, 0.1) is 0 Å². The molecule has 1 saturated heterocycles. The van der Waals surface area contributed by atoms with E-state index in [4.69, 9.17) is 0 Å². The Morgan fingerprint density at radius 3 is 2.63 bits per heavy atom. The number of anilines is 3. The van der Waals surface area contributed by atoms with Crippen molar-refractivity contribution in [3.63, 3.8) is 0 Å². The molecule has 3 aromatic heterocycles. The molecule has 1 N–H and O–H groups in total. The number of nitrogens with one attached hydrogen (secondary N) is 1. The lowest BCUT2D eigenvalue weighted by atomic mass is 10.3. The Hall–Kier alpha value is -3.49. The van der Waals surface area contributed by atoms with Crippen LogP contribution in [-0.4, -0.2) is 61.7 Å². The van der Waals surface area contributed by atoms with Gasteiger partial charge in [0.2, 0.25) is 5.91 Å². The summed E-state index contributed by atoms with van der Waals surface area (Å²) in [4.78, 5) is 29.3. The molecule has 0 radical (unpaired) electrons. The highest BCUT2D eigenvalue weighted by Crippen LogP contribution is 2.18. The van der Waals surface area contributed by atoms with E-state index in [1.807, 2.05) is 35.2 Å². The fourth-order valence-corrected chi connectivity index (χ4v) is 2.97. The summed E-state index contributed by atoms with van der Waals surface area (Å²) in [5, 5.41) is 7.26. The van der Waals surface area contributed by atoms with Crippen molar-refractivity contribution in [1.29, 1.82) is 0 Å². The average molecular weight is 364 g/mol. The first-order valence-corrected chi connectivity index (χ1v) is 8.78. The Balaban J connectivity index is 1.35. The van der Waals surface area contributed by atoms with E-state index in [9.17, 15) is 4.79 Å². The van der Waals surface area contributed by atoms with E-state index in [1.54, 1.807) is 23.3 Å². The molecule has 1 aliphatic heterocycles. The van der Waals surface area contributed by atoms with Crippen molar-refractivity contribution in [2.45, 2.75) is 6.54 Å². The Kier molecular flexibility index (Phi) is 4.91. The molecule has 0 spiro atoms. The molecule has 0 aromatic carbocycles. The second-order valence-electron chi connectivity index (χ2n) is 6.17. The van der Waals surface area contributed by atoms with Crippen LogP contribution in [0.2, 0.25) is 0 Å². The van der Waals surface area contributed by atoms with Gasteiger partial charge in [-0.25, -0.2) is 15.0 Å². The van der Waals surface area contributed by atoms with Gasteiger partial charge >= 0.3 is 0 Å². The minimum absolute atomic E-state index is 0.0820. The van der Waals surface area contributed by atoms with Crippen LogP contribution in [0.15, 0.2) is 55.2 Å². The van der Waals surface area contributed by atoms with Crippen molar-refractivity contribution in [1.82, 2.24) is 29.6 Å². The molecule has 9 heteroatoms.